The monoisotopic (exact) mass is 682 g/mol. The number of ether oxygens (including phenoxy) is 2. The zero-order chi connectivity index (χ0) is 38.2. The van der Waals surface area contributed by atoms with Gasteiger partial charge in [0.05, 0.1) is 31.9 Å². The van der Waals surface area contributed by atoms with Gasteiger partial charge in [0.1, 0.15) is 22.8 Å². The lowest BCUT2D eigenvalue weighted by Gasteiger charge is -2.42. The van der Waals surface area contributed by atoms with Gasteiger partial charge in [0.25, 0.3) is 0 Å². The standard InChI is InChI=1S/C44H62N2O4/c1-17-27(2)39(46-26-29-20-28(25-45)18-19-36(29)47)44(48,30-21-32(40(3,4)5)37(49-15)33(22-30)41(6,7)8)31-23-34(42(9,10)11)38(50-16)35(24-31)43(12,13)14/h18-24,26-27,39,47-48H,17H2,1-16H3. The van der Waals surface area contributed by atoms with Crippen molar-refractivity contribution in [3.8, 4) is 23.3 Å². The maximum absolute atomic E-state index is 13.9. The van der Waals surface area contributed by atoms with Crippen LogP contribution in [0.4, 0.5) is 0 Å². The zero-order valence-electron chi connectivity index (χ0n) is 33.6. The highest BCUT2D eigenvalue weighted by molar-refractivity contribution is 5.84. The van der Waals surface area contributed by atoms with Crippen LogP contribution in [0.25, 0.3) is 0 Å². The summed E-state index contributed by atoms with van der Waals surface area (Å²) in [7, 11) is 3.43. The van der Waals surface area contributed by atoms with E-state index in [1.54, 1.807) is 32.6 Å². The minimum Gasteiger partial charge on any atom is -0.507 e. The molecule has 2 unspecified atom stereocenters. The van der Waals surface area contributed by atoms with Crippen molar-refractivity contribution in [1.82, 2.24) is 0 Å². The van der Waals surface area contributed by atoms with Crippen LogP contribution >= 0.6 is 0 Å². The minimum atomic E-state index is -1.65. The number of nitriles is 1. The van der Waals surface area contributed by atoms with Crippen molar-refractivity contribution >= 4 is 6.21 Å². The average molecular weight is 683 g/mol. The van der Waals surface area contributed by atoms with Crippen LogP contribution in [-0.2, 0) is 27.3 Å². The molecule has 2 N–H and O–H groups in total. The first-order valence-electron chi connectivity index (χ1n) is 17.8. The lowest BCUT2D eigenvalue weighted by molar-refractivity contribution is 0.0324. The van der Waals surface area contributed by atoms with Gasteiger partial charge in [-0.15, -0.1) is 0 Å². The van der Waals surface area contributed by atoms with Gasteiger partial charge in [-0.1, -0.05) is 103 Å². The molecule has 0 bridgehead atoms. The molecule has 272 valence electrons. The Hall–Kier alpha value is -3.82. The molecule has 0 aliphatic rings. The van der Waals surface area contributed by atoms with Crippen molar-refractivity contribution in [2.75, 3.05) is 14.2 Å². The fourth-order valence-electron chi connectivity index (χ4n) is 6.65. The first-order chi connectivity index (χ1) is 22.9. The van der Waals surface area contributed by atoms with Crippen LogP contribution in [0.1, 0.15) is 148 Å². The van der Waals surface area contributed by atoms with E-state index >= 15 is 0 Å². The molecule has 0 aromatic heterocycles. The maximum atomic E-state index is 13.9. The molecule has 50 heavy (non-hydrogen) atoms. The number of aliphatic hydroxyl groups is 1. The molecule has 0 spiro atoms. The number of nitrogens with zero attached hydrogens (tertiary/aromatic N) is 2. The van der Waals surface area contributed by atoms with Gasteiger partial charge in [-0.3, -0.25) is 4.99 Å². The van der Waals surface area contributed by atoms with E-state index < -0.39 is 11.6 Å². The summed E-state index contributed by atoms with van der Waals surface area (Å²) in [5.41, 5.74) is 3.35. The number of hydrogen-bond donors (Lipinski definition) is 2. The highest BCUT2D eigenvalue weighted by atomic mass is 16.5. The number of methoxy groups -OCH3 is 2. The summed E-state index contributed by atoms with van der Waals surface area (Å²) in [6, 6.07) is 14.6. The van der Waals surface area contributed by atoms with E-state index in [9.17, 15) is 15.5 Å². The molecule has 6 heteroatoms. The Balaban J connectivity index is 2.69. The third kappa shape index (κ3) is 8.21. The van der Waals surface area contributed by atoms with E-state index in [2.05, 4.69) is 127 Å². The van der Waals surface area contributed by atoms with Gasteiger partial charge in [-0.2, -0.15) is 5.26 Å². The van der Waals surface area contributed by atoms with Gasteiger partial charge >= 0.3 is 0 Å². The lowest BCUT2D eigenvalue weighted by Crippen LogP contribution is -2.44. The second-order valence-corrected chi connectivity index (χ2v) is 18.0. The van der Waals surface area contributed by atoms with E-state index in [-0.39, 0.29) is 33.3 Å². The van der Waals surface area contributed by atoms with Crippen LogP contribution in [0.3, 0.4) is 0 Å². The van der Waals surface area contributed by atoms with Crippen LogP contribution in [0.5, 0.6) is 17.2 Å². The number of rotatable bonds is 9. The van der Waals surface area contributed by atoms with E-state index in [1.807, 2.05) is 0 Å². The summed E-state index contributed by atoms with van der Waals surface area (Å²) in [4.78, 5) is 5.17. The van der Waals surface area contributed by atoms with Crippen LogP contribution in [-0.4, -0.2) is 36.7 Å². The number of aromatic hydroxyl groups is 1. The smallest absolute Gasteiger partial charge is 0.137 e. The molecular formula is C44H62N2O4. The third-order valence-corrected chi connectivity index (χ3v) is 9.84. The van der Waals surface area contributed by atoms with E-state index in [1.165, 1.54) is 6.07 Å². The topological polar surface area (TPSA) is 95.1 Å². The Labute approximate surface area is 302 Å². The van der Waals surface area contributed by atoms with Gasteiger partial charge in [-0.25, -0.2) is 0 Å². The summed E-state index contributed by atoms with van der Waals surface area (Å²) in [6.45, 7) is 30.2. The van der Waals surface area contributed by atoms with Gasteiger partial charge in [0.15, 0.2) is 0 Å². The van der Waals surface area contributed by atoms with Crippen molar-refractivity contribution in [3.05, 3.63) is 87.0 Å². The lowest BCUT2D eigenvalue weighted by atomic mass is 9.68. The second-order valence-electron chi connectivity index (χ2n) is 18.0. The SMILES string of the molecule is CCC(C)C(N=Cc1cc(C#N)ccc1O)C(O)(c1cc(C(C)(C)C)c(OC)c(C(C)(C)C)c1)c1cc(C(C)(C)C)c(OC)c(C(C)(C)C)c1. The molecular weight excluding hydrogens is 620 g/mol. The fourth-order valence-corrected chi connectivity index (χ4v) is 6.65. The number of benzene rings is 3. The largest absolute Gasteiger partial charge is 0.507 e. The van der Waals surface area contributed by atoms with Gasteiger partial charge in [0.2, 0.25) is 0 Å². The summed E-state index contributed by atoms with van der Waals surface area (Å²) in [6.07, 6.45) is 2.34. The molecule has 0 saturated heterocycles. The van der Waals surface area contributed by atoms with Gasteiger partial charge in [0, 0.05) is 34.0 Å². The van der Waals surface area contributed by atoms with Crippen LogP contribution in [0.15, 0.2) is 47.5 Å². The molecule has 0 fully saturated rings. The highest BCUT2D eigenvalue weighted by Gasteiger charge is 2.46. The van der Waals surface area contributed by atoms with Gasteiger partial charge < -0.3 is 19.7 Å². The Bertz CT molecular complexity index is 1600. The molecule has 0 aliphatic heterocycles. The molecule has 6 nitrogen and oxygen atoms in total. The Morgan fingerprint density at radius 3 is 1.40 bits per heavy atom. The summed E-state index contributed by atoms with van der Waals surface area (Å²) in [5, 5.41) is 34.3. The summed E-state index contributed by atoms with van der Waals surface area (Å²) in [5.74, 6) is 1.55. The molecule has 0 heterocycles. The second kappa shape index (κ2) is 14.4. The minimum absolute atomic E-state index is 0.0168. The number of hydrogen-bond acceptors (Lipinski definition) is 6. The first kappa shape index (κ1) is 40.6. The molecule has 0 saturated carbocycles. The maximum Gasteiger partial charge on any atom is 0.137 e. The average Bonchev–Trinajstić information content (AvgIpc) is 3.02. The van der Waals surface area contributed by atoms with E-state index in [4.69, 9.17) is 14.5 Å². The van der Waals surface area contributed by atoms with E-state index in [0.717, 1.165) is 51.3 Å². The van der Waals surface area contributed by atoms with Crippen LogP contribution < -0.4 is 9.47 Å². The van der Waals surface area contributed by atoms with Crippen molar-refractivity contribution < 1.29 is 19.7 Å². The Morgan fingerprint density at radius 2 is 1.10 bits per heavy atom. The Morgan fingerprint density at radius 1 is 0.720 bits per heavy atom. The van der Waals surface area contributed by atoms with Crippen molar-refractivity contribution in [1.29, 1.82) is 5.26 Å². The molecule has 2 atom stereocenters. The predicted molar refractivity (Wildman–Crippen MR) is 207 cm³/mol. The molecule has 0 aliphatic carbocycles. The molecule has 0 radical (unpaired) electrons. The van der Waals surface area contributed by atoms with Crippen LogP contribution in [0, 0.1) is 17.2 Å². The number of phenols is 1. The quantitative estimate of drug-likeness (QED) is 0.219. The zero-order valence-corrected chi connectivity index (χ0v) is 33.6. The first-order valence-corrected chi connectivity index (χ1v) is 17.8. The van der Waals surface area contributed by atoms with Crippen LogP contribution in [0.2, 0.25) is 0 Å². The van der Waals surface area contributed by atoms with E-state index in [0.29, 0.717) is 11.1 Å². The van der Waals surface area contributed by atoms with Crippen molar-refractivity contribution in [2.45, 2.75) is 137 Å². The summed E-state index contributed by atoms with van der Waals surface area (Å²) >= 11 is 0. The Kier molecular flexibility index (Phi) is 11.7. The number of aliphatic imine (C=N–C) groups is 1. The third-order valence-electron chi connectivity index (χ3n) is 9.84. The number of phenolic OH excluding ortho intramolecular Hbond substituents is 1. The highest BCUT2D eigenvalue weighted by Crippen LogP contribution is 2.49. The van der Waals surface area contributed by atoms with Crippen molar-refractivity contribution in [2.24, 2.45) is 10.9 Å². The molecule has 3 aromatic carbocycles. The molecule has 3 rings (SSSR count). The normalized spacial score (nSPS) is 14.4. The molecule has 0 amide bonds. The molecule has 3 aromatic rings. The predicted octanol–water partition coefficient (Wildman–Crippen LogP) is 10.2. The van der Waals surface area contributed by atoms with Crippen molar-refractivity contribution in [3.63, 3.8) is 0 Å². The summed E-state index contributed by atoms with van der Waals surface area (Å²) < 4.78 is 12.3. The van der Waals surface area contributed by atoms with Gasteiger partial charge in [-0.05, 0) is 81.2 Å². The fraction of sp³-hybridized carbons (Fsp3) is 0.545.